The van der Waals surface area contributed by atoms with E-state index >= 15 is 0 Å². The molecular weight excluding hydrogens is 337 g/mol. The lowest BCUT2D eigenvalue weighted by Crippen LogP contribution is -2.29. The Kier molecular flexibility index (Phi) is 4.15. The molecule has 0 saturated heterocycles. The van der Waals surface area contributed by atoms with Gasteiger partial charge < -0.3 is 9.47 Å². The van der Waals surface area contributed by atoms with Crippen LogP contribution >= 0.6 is 11.6 Å². The number of halogens is 2. The van der Waals surface area contributed by atoms with Crippen LogP contribution in [0.2, 0.25) is 5.02 Å². The molecule has 0 aromatic heterocycles. The van der Waals surface area contributed by atoms with Gasteiger partial charge >= 0.3 is 0 Å². The molecule has 0 saturated carbocycles. The molecule has 0 radical (unpaired) electrons. The Labute approximate surface area is 142 Å². The summed E-state index contributed by atoms with van der Waals surface area (Å²) in [5, 5.41) is 0.149. The highest BCUT2D eigenvalue weighted by molar-refractivity contribution is 6.31. The summed E-state index contributed by atoms with van der Waals surface area (Å²) in [6, 6.07) is 6.89. The van der Waals surface area contributed by atoms with Crippen LogP contribution in [0.15, 0.2) is 30.3 Å². The Morgan fingerprint density at radius 2 is 1.83 bits per heavy atom. The maximum atomic E-state index is 13.1. The van der Waals surface area contributed by atoms with Gasteiger partial charge in [-0.15, -0.1) is 0 Å². The van der Waals surface area contributed by atoms with Crippen molar-refractivity contribution in [3.8, 4) is 11.5 Å². The quantitative estimate of drug-likeness (QED) is 0.795. The highest BCUT2D eigenvalue weighted by Crippen LogP contribution is 2.39. The van der Waals surface area contributed by atoms with Gasteiger partial charge in [0.15, 0.2) is 11.5 Å². The molecule has 7 heteroatoms. The van der Waals surface area contributed by atoms with Gasteiger partial charge in [0.2, 0.25) is 0 Å². The normalized spacial score (nSPS) is 13.2. The maximum Gasteiger partial charge on any atom is 0.265 e. The van der Waals surface area contributed by atoms with E-state index in [9.17, 15) is 14.0 Å². The Morgan fingerprint density at radius 3 is 2.46 bits per heavy atom. The van der Waals surface area contributed by atoms with E-state index in [0.717, 1.165) is 11.0 Å². The molecule has 5 nitrogen and oxygen atoms in total. The second-order valence-electron chi connectivity index (χ2n) is 5.16. The molecule has 124 valence electrons. The number of methoxy groups -OCH3 is 2. The first-order valence-corrected chi connectivity index (χ1v) is 7.40. The van der Waals surface area contributed by atoms with Gasteiger partial charge in [-0.2, -0.15) is 0 Å². The van der Waals surface area contributed by atoms with Gasteiger partial charge in [-0.05, 0) is 29.8 Å². The van der Waals surface area contributed by atoms with Crippen LogP contribution in [0.1, 0.15) is 26.3 Å². The van der Waals surface area contributed by atoms with Crippen molar-refractivity contribution < 1.29 is 23.5 Å². The minimum Gasteiger partial charge on any atom is -0.493 e. The molecule has 3 rings (SSSR count). The molecule has 0 spiro atoms. The number of hydrogen-bond acceptors (Lipinski definition) is 4. The minimum absolute atomic E-state index is 0.0586. The molecular formula is C17H13ClFNO4. The molecule has 2 amide bonds. The topological polar surface area (TPSA) is 55.8 Å². The molecule has 2 aromatic carbocycles. The summed E-state index contributed by atoms with van der Waals surface area (Å²) in [5.74, 6) is -0.889. The molecule has 0 unspecified atom stereocenters. The van der Waals surface area contributed by atoms with Crippen LogP contribution in [0.5, 0.6) is 11.5 Å². The lowest BCUT2D eigenvalue weighted by atomic mass is 10.1. The Bertz CT molecular complexity index is 853. The molecule has 0 bridgehead atoms. The molecule has 1 heterocycles. The highest BCUT2D eigenvalue weighted by Gasteiger charge is 2.39. The number of nitrogens with zero attached hydrogens (tertiary/aromatic N) is 1. The monoisotopic (exact) mass is 349 g/mol. The molecule has 24 heavy (non-hydrogen) atoms. The molecule has 0 fully saturated rings. The van der Waals surface area contributed by atoms with Crippen LogP contribution in [0.25, 0.3) is 0 Å². The van der Waals surface area contributed by atoms with Gasteiger partial charge in [-0.3, -0.25) is 14.5 Å². The average molecular weight is 350 g/mol. The van der Waals surface area contributed by atoms with E-state index in [4.69, 9.17) is 21.1 Å². The van der Waals surface area contributed by atoms with Crippen molar-refractivity contribution in [2.45, 2.75) is 6.54 Å². The van der Waals surface area contributed by atoms with E-state index < -0.39 is 17.6 Å². The Hall–Kier alpha value is -2.60. The predicted molar refractivity (Wildman–Crippen MR) is 85.2 cm³/mol. The van der Waals surface area contributed by atoms with Crippen molar-refractivity contribution >= 4 is 23.4 Å². The second kappa shape index (κ2) is 6.13. The van der Waals surface area contributed by atoms with Crippen molar-refractivity contribution in [1.82, 2.24) is 4.90 Å². The van der Waals surface area contributed by atoms with Crippen LogP contribution < -0.4 is 9.47 Å². The lowest BCUT2D eigenvalue weighted by molar-refractivity contribution is 0.0641. The number of amides is 2. The summed E-state index contributed by atoms with van der Waals surface area (Å²) >= 11 is 5.99. The van der Waals surface area contributed by atoms with Crippen molar-refractivity contribution in [3.63, 3.8) is 0 Å². The van der Waals surface area contributed by atoms with E-state index in [1.165, 1.54) is 32.4 Å². The number of hydrogen-bond donors (Lipinski definition) is 0. The Morgan fingerprint density at radius 1 is 1.08 bits per heavy atom. The first-order chi connectivity index (χ1) is 11.5. The zero-order valence-corrected chi connectivity index (χ0v) is 13.7. The molecule has 0 aliphatic carbocycles. The number of carbonyl (C=O) groups excluding carboxylic acids is 2. The van der Waals surface area contributed by atoms with Crippen LogP contribution in [-0.2, 0) is 6.54 Å². The van der Waals surface area contributed by atoms with Crippen LogP contribution in [0.3, 0.4) is 0 Å². The third kappa shape index (κ3) is 2.49. The minimum atomic E-state index is -0.508. The van der Waals surface area contributed by atoms with Crippen molar-refractivity contribution in [2.24, 2.45) is 0 Å². The lowest BCUT2D eigenvalue weighted by Gasteiger charge is -2.15. The Balaban J connectivity index is 2.01. The molecule has 1 aliphatic heterocycles. The summed E-state index contributed by atoms with van der Waals surface area (Å²) in [4.78, 5) is 26.3. The number of carbonyl (C=O) groups is 2. The van der Waals surface area contributed by atoms with E-state index in [-0.39, 0.29) is 28.4 Å². The number of imide groups is 1. The summed E-state index contributed by atoms with van der Waals surface area (Å²) < 4.78 is 23.5. The molecule has 0 atom stereocenters. The standard InChI is InChI=1S/C17H13ClFNO4/c1-23-13-6-5-11-14(15(13)24-2)17(22)20(16(11)21)8-9-3-4-10(19)7-12(9)18/h3-7H,8H2,1-2H3. The SMILES string of the molecule is COc1ccc2c(c1OC)C(=O)N(Cc1ccc(F)cc1Cl)C2=O. The largest absolute Gasteiger partial charge is 0.493 e. The number of rotatable bonds is 4. The van der Waals surface area contributed by atoms with E-state index in [0.29, 0.717) is 11.3 Å². The fourth-order valence-corrected chi connectivity index (χ4v) is 2.88. The van der Waals surface area contributed by atoms with Crippen molar-refractivity contribution in [2.75, 3.05) is 14.2 Å². The van der Waals surface area contributed by atoms with Crippen molar-refractivity contribution in [3.05, 3.63) is 57.9 Å². The van der Waals surface area contributed by atoms with Gasteiger partial charge in [0, 0.05) is 5.02 Å². The first kappa shape index (κ1) is 16.3. The van der Waals surface area contributed by atoms with Crippen LogP contribution in [0, 0.1) is 5.82 Å². The van der Waals surface area contributed by atoms with Crippen LogP contribution in [0.4, 0.5) is 4.39 Å². The van der Waals surface area contributed by atoms with Crippen molar-refractivity contribution in [1.29, 1.82) is 0 Å². The van der Waals surface area contributed by atoms with Gasteiger partial charge in [-0.1, -0.05) is 17.7 Å². The fourth-order valence-electron chi connectivity index (χ4n) is 2.65. The number of ether oxygens (including phenoxy) is 2. The van der Waals surface area contributed by atoms with Gasteiger partial charge in [0.25, 0.3) is 11.8 Å². The summed E-state index contributed by atoms with van der Waals surface area (Å²) in [6.07, 6.45) is 0. The van der Waals surface area contributed by atoms with Gasteiger partial charge in [-0.25, -0.2) is 4.39 Å². The van der Waals surface area contributed by atoms with Crippen LogP contribution in [-0.4, -0.2) is 30.9 Å². The van der Waals surface area contributed by atoms with E-state index in [1.807, 2.05) is 0 Å². The smallest absolute Gasteiger partial charge is 0.265 e. The number of benzene rings is 2. The summed E-state index contributed by atoms with van der Waals surface area (Å²) in [6.45, 7) is -0.0586. The average Bonchev–Trinajstić information content (AvgIpc) is 2.81. The molecule has 0 N–H and O–H groups in total. The predicted octanol–water partition coefficient (Wildman–Crippen LogP) is 3.29. The maximum absolute atomic E-state index is 13.1. The second-order valence-corrected chi connectivity index (χ2v) is 5.56. The number of fused-ring (bicyclic) bond motifs is 1. The zero-order valence-electron chi connectivity index (χ0n) is 12.9. The first-order valence-electron chi connectivity index (χ1n) is 7.03. The molecule has 1 aliphatic rings. The third-order valence-corrected chi connectivity index (χ3v) is 4.18. The van der Waals surface area contributed by atoms with Gasteiger partial charge in [0.1, 0.15) is 5.82 Å². The highest BCUT2D eigenvalue weighted by atomic mass is 35.5. The summed E-state index contributed by atoms with van der Waals surface area (Å²) in [5.41, 5.74) is 0.856. The zero-order chi connectivity index (χ0) is 17.4. The molecule has 2 aromatic rings. The van der Waals surface area contributed by atoms with E-state index in [2.05, 4.69) is 0 Å². The fraction of sp³-hybridized carbons (Fsp3) is 0.176. The van der Waals surface area contributed by atoms with Gasteiger partial charge in [0.05, 0.1) is 31.9 Å². The third-order valence-electron chi connectivity index (χ3n) is 3.82. The van der Waals surface area contributed by atoms with E-state index in [1.54, 1.807) is 6.07 Å². The summed E-state index contributed by atoms with van der Waals surface area (Å²) in [7, 11) is 2.84.